The molecule has 0 radical (unpaired) electrons. The van der Waals surface area contributed by atoms with Gasteiger partial charge in [0, 0.05) is 26.2 Å². The summed E-state index contributed by atoms with van der Waals surface area (Å²) in [5, 5.41) is 87.5. The van der Waals surface area contributed by atoms with Crippen molar-refractivity contribution in [1.29, 1.82) is 0 Å². The second-order valence-electron chi connectivity index (χ2n) is 18.6. The molecule has 0 rings (SSSR count). The highest BCUT2D eigenvalue weighted by Crippen LogP contribution is 2.09. The number of rotatable bonds is 44. The summed E-state index contributed by atoms with van der Waals surface area (Å²) in [6.07, 6.45) is -5.19. The van der Waals surface area contributed by atoms with Crippen LogP contribution in [0, 0.1) is 0 Å². The Hall–Kier alpha value is -9.97. The number of aliphatic hydroxyl groups is 3. The summed E-state index contributed by atoms with van der Waals surface area (Å²) in [5.41, 5.74) is 48.2. The van der Waals surface area contributed by atoms with Crippen LogP contribution in [0.4, 0.5) is 0 Å². The van der Waals surface area contributed by atoms with Gasteiger partial charge in [-0.05, 0) is 51.4 Å². The summed E-state index contributed by atoms with van der Waals surface area (Å²) in [7, 11) is 0. The van der Waals surface area contributed by atoms with Gasteiger partial charge >= 0.3 is 23.9 Å². The van der Waals surface area contributed by atoms with Gasteiger partial charge in [0.05, 0.1) is 39.1 Å². The standard InChI is InChI=1S/C45H80N22O20/c46-19(16-68)32(77)59-20(5-1-9-55-42(47)48)33(78)64-25(14-30(73)74)37(82)66-27(17-69)40(85)61-22(7-3-11-57-44(51)52)35(80)65-26(15-31(75)76)38(83)67-28(18-70)39(84)60-21(6-2-10-56-43(49)50)34(79)63-24(13-29(71)72)36(81)62-23(41(86)87)8-4-12-58-45(53)54/h19-28,68-70H,1-18,46H2,(H,59,77)(H,60,84)(H,61,85)(H,62,81)(H,63,79)(H,64,78)(H,65,80)(H,66,82)(H,67,83)(H,71,72)(H,73,74)(H,75,76)(H,86,87)(H4,47,48,55)(H4,49,50,56)(H4,51,52,57)(H4,53,54,58)/t19-,20-,21-,22-,23-,24-,25-,26-,27-,28-/m0/s1. The van der Waals surface area contributed by atoms with Crippen molar-refractivity contribution in [1.82, 2.24) is 47.9 Å². The third-order valence-electron chi connectivity index (χ3n) is 11.5. The second-order valence-corrected chi connectivity index (χ2v) is 18.6. The lowest BCUT2D eigenvalue weighted by Crippen LogP contribution is -2.61. The smallest absolute Gasteiger partial charge is 0.326 e. The van der Waals surface area contributed by atoms with Crippen LogP contribution in [0.15, 0.2) is 20.0 Å². The minimum absolute atomic E-state index is 0.0158. The van der Waals surface area contributed by atoms with Gasteiger partial charge in [0.2, 0.25) is 53.2 Å². The number of hydrogen-bond donors (Lipinski definition) is 25. The molecule has 0 aromatic rings. The van der Waals surface area contributed by atoms with Crippen LogP contribution in [0.1, 0.15) is 70.6 Å². The second kappa shape index (κ2) is 41.1. The lowest BCUT2D eigenvalue weighted by molar-refractivity contribution is -0.144. The number of aliphatic imine (C=N–C) groups is 4. The first kappa shape index (κ1) is 77.0. The fourth-order valence-electron chi connectivity index (χ4n) is 7.16. The Balaban J connectivity index is 6.84. The predicted octanol–water partition coefficient (Wildman–Crippen LogP) is -13.6. The van der Waals surface area contributed by atoms with E-state index in [1.54, 1.807) is 0 Å². The zero-order valence-corrected chi connectivity index (χ0v) is 46.9. The lowest BCUT2D eigenvalue weighted by Gasteiger charge is -2.27. The fraction of sp³-hybridized carbons (Fsp3) is 0.622. The van der Waals surface area contributed by atoms with E-state index in [9.17, 15) is 98.1 Å². The first-order valence-electron chi connectivity index (χ1n) is 26.2. The van der Waals surface area contributed by atoms with E-state index < -0.39 is 201 Å². The number of nitrogens with two attached hydrogens (primary N) is 9. The molecule has 0 aliphatic carbocycles. The summed E-state index contributed by atoms with van der Waals surface area (Å²) in [6, 6.07) is -18.7. The number of guanidine groups is 4. The molecular formula is C45H80N22O20. The number of carbonyl (C=O) groups excluding carboxylic acids is 9. The first-order chi connectivity index (χ1) is 40.8. The predicted molar refractivity (Wildman–Crippen MR) is 301 cm³/mol. The molecule has 0 fully saturated rings. The third kappa shape index (κ3) is 33.2. The SMILES string of the molecule is NC(N)=NCCC[C@H](NC(=O)[C@H](CC(=O)O)NC(=O)[C@H](CCCN=C(N)N)NC(=O)[C@H](CO)NC(=O)[C@H](CC(=O)O)NC(=O)[C@H](CCCN=C(N)N)NC(=O)[C@H](CO)NC(=O)[C@H](CC(=O)O)NC(=O)[C@H](CCCN=C(N)N)NC(=O)[C@@H](N)CO)C(=O)O. The van der Waals surface area contributed by atoms with E-state index in [2.05, 4.69) is 57.2 Å². The van der Waals surface area contributed by atoms with Crippen LogP contribution < -0.4 is 99.5 Å². The van der Waals surface area contributed by atoms with Crippen molar-refractivity contribution in [2.75, 3.05) is 46.0 Å². The molecule has 42 nitrogen and oxygen atoms in total. The summed E-state index contributed by atoms with van der Waals surface area (Å²) in [6.45, 7) is -3.97. The highest BCUT2D eigenvalue weighted by molar-refractivity contribution is 6.00. The van der Waals surface area contributed by atoms with Gasteiger partial charge in [-0.2, -0.15) is 0 Å². The number of carbonyl (C=O) groups is 13. The molecule has 0 aromatic carbocycles. The van der Waals surface area contributed by atoms with Crippen LogP contribution in [0.3, 0.4) is 0 Å². The third-order valence-corrected chi connectivity index (χ3v) is 11.5. The van der Waals surface area contributed by atoms with Crippen LogP contribution in [-0.4, -0.2) is 243 Å². The van der Waals surface area contributed by atoms with E-state index >= 15 is 0 Å². The lowest BCUT2D eigenvalue weighted by atomic mass is 10.1. The molecule has 9 amide bonds. The molecule has 0 saturated heterocycles. The van der Waals surface area contributed by atoms with Gasteiger partial charge in [-0.3, -0.25) is 77.5 Å². The van der Waals surface area contributed by atoms with Crippen LogP contribution >= 0.6 is 0 Å². The largest absolute Gasteiger partial charge is 0.481 e. The van der Waals surface area contributed by atoms with Crippen molar-refractivity contribution < 1.29 is 98.1 Å². The van der Waals surface area contributed by atoms with Gasteiger partial charge in [-0.15, -0.1) is 0 Å². The Kier molecular flexibility index (Phi) is 36.4. The molecule has 42 heteroatoms. The molecule has 0 saturated carbocycles. The summed E-state index contributed by atoms with van der Waals surface area (Å²) >= 11 is 0. The molecule has 0 aliphatic heterocycles. The minimum atomic E-state index is -2.18. The van der Waals surface area contributed by atoms with E-state index in [0.29, 0.717) is 0 Å². The summed E-state index contributed by atoms with van der Waals surface area (Å²) in [5.74, 6) is -19.9. The zero-order valence-electron chi connectivity index (χ0n) is 46.9. The van der Waals surface area contributed by atoms with Crippen molar-refractivity contribution in [3.8, 4) is 0 Å². The van der Waals surface area contributed by atoms with Crippen LogP contribution in [-0.2, 0) is 62.3 Å². The van der Waals surface area contributed by atoms with Crippen LogP contribution in [0.2, 0.25) is 0 Å². The molecule has 10 atom stereocenters. The normalized spacial score (nSPS) is 14.1. The number of aliphatic hydroxyl groups excluding tert-OH is 3. The number of carboxylic acid groups (broad SMARTS) is 4. The number of hydrogen-bond acceptors (Lipinski definition) is 21. The average Bonchev–Trinajstić information content (AvgIpc) is 3.45. The topological polar surface area (TPSA) is 755 Å². The Morgan fingerprint density at radius 2 is 0.506 bits per heavy atom. The molecule has 0 bridgehead atoms. The molecular weight excluding hydrogens is 1170 g/mol. The van der Waals surface area contributed by atoms with E-state index in [4.69, 9.17) is 51.6 Å². The Morgan fingerprint density at radius 3 is 0.736 bits per heavy atom. The van der Waals surface area contributed by atoms with Crippen LogP contribution in [0.25, 0.3) is 0 Å². The molecule has 0 aromatic heterocycles. The van der Waals surface area contributed by atoms with E-state index in [-0.39, 0.29) is 76.6 Å². The molecule has 0 heterocycles. The minimum Gasteiger partial charge on any atom is -0.481 e. The maximum Gasteiger partial charge on any atom is 0.326 e. The molecule has 0 unspecified atom stereocenters. The van der Waals surface area contributed by atoms with Crippen LogP contribution in [0.5, 0.6) is 0 Å². The fourth-order valence-corrected chi connectivity index (χ4v) is 7.16. The number of nitrogens with one attached hydrogen (secondary N) is 9. The Bertz CT molecular complexity index is 2500. The summed E-state index contributed by atoms with van der Waals surface area (Å²) < 4.78 is 0. The molecule has 34 N–H and O–H groups in total. The van der Waals surface area contributed by atoms with E-state index in [1.165, 1.54) is 0 Å². The number of nitrogens with zero attached hydrogens (tertiary/aromatic N) is 4. The number of amides is 9. The van der Waals surface area contributed by atoms with Crippen molar-refractivity contribution >= 4 is 101 Å². The van der Waals surface area contributed by atoms with Gasteiger partial charge in [0.25, 0.3) is 0 Å². The van der Waals surface area contributed by atoms with Gasteiger partial charge in [-0.25, -0.2) is 4.79 Å². The molecule has 0 spiro atoms. The Labute approximate surface area is 494 Å². The monoisotopic (exact) mass is 1250 g/mol. The zero-order chi connectivity index (χ0) is 66.5. The first-order valence-corrected chi connectivity index (χ1v) is 26.2. The summed E-state index contributed by atoms with van der Waals surface area (Å²) in [4.78, 5) is 184. The van der Waals surface area contributed by atoms with Gasteiger partial charge in [-0.1, -0.05) is 0 Å². The number of carboxylic acids is 4. The average molecular weight is 1250 g/mol. The van der Waals surface area contributed by atoms with Gasteiger partial charge in [0.15, 0.2) is 23.8 Å². The van der Waals surface area contributed by atoms with Gasteiger partial charge < -0.3 is 135 Å². The van der Waals surface area contributed by atoms with Crippen molar-refractivity contribution in [3.63, 3.8) is 0 Å². The number of aliphatic carboxylic acids is 4. The van der Waals surface area contributed by atoms with Crippen molar-refractivity contribution in [3.05, 3.63) is 0 Å². The highest BCUT2D eigenvalue weighted by atomic mass is 16.4. The van der Waals surface area contributed by atoms with Gasteiger partial charge in [0.1, 0.15) is 60.4 Å². The molecule has 0 aliphatic rings. The maximum atomic E-state index is 13.9. The van der Waals surface area contributed by atoms with Crippen molar-refractivity contribution in [2.45, 2.75) is 131 Å². The quantitative estimate of drug-likeness (QED) is 0.0153. The van der Waals surface area contributed by atoms with E-state index in [0.717, 1.165) is 0 Å². The molecule has 87 heavy (non-hydrogen) atoms. The Morgan fingerprint density at radius 1 is 0.299 bits per heavy atom. The van der Waals surface area contributed by atoms with Crippen molar-refractivity contribution in [2.24, 2.45) is 71.6 Å². The molecule has 490 valence electrons. The van der Waals surface area contributed by atoms with E-state index in [1.807, 2.05) is 10.6 Å². The highest BCUT2D eigenvalue weighted by Gasteiger charge is 2.37. The maximum absolute atomic E-state index is 13.9.